The number of carbonyl (C=O) groups excluding carboxylic acids is 2. The van der Waals surface area contributed by atoms with Crippen LogP contribution in [0.5, 0.6) is 11.5 Å². The van der Waals surface area contributed by atoms with Crippen LogP contribution in [-0.4, -0.2) is 59.0 Å². The van der Waals surface area contributed by atoms with E-state index in [0.29, 0.717) is 5.75 Å². The fourth-order valence-corrected chi connectivity index (χ4v) is 6.17. The molecule has 0 aromatic heterocycles. The highest BCUT2D eigenvalue weighted by atomic mass is 32.2. The minimum atomic E-state index is -4.41. The van der Waals surface area contributed by atoms with E-state index in [4.69, 9.17) is 9.47 Å². The van der Waals surface area contributed by atoms with Crippen LogP contribution in [-0.2, 0) is 32.6 Å². The SMILES string of the molecule is CNC(=O)C(Cc1ccccc1)N(Cc1ccccc1)C(=O)CN(c1ccc(F)cc1)S(=O)(=O)c1ccc(OC)c(OC)c1. The van der Waals surface area contributed by atoms with Gasteiger partial charge in [-0.3, -0.25) is 13.9 Å². The monoisotopic (exact) mass is 619 g/mol. The van der Waals surface area contributed by atoms with Gasteiger partial charge >= 0.3 is 0 Å². The molecule has 0 saturated heterocycles. The van der Waals surface area contributed by atoms with E-state index in [1.165, 1.54) is 56.5 Å². The Morgan fingerprint density at radius 1 is 0.818 bits per heavy atom. The molecule has 0 bridgehead atoms. The van der Waals surface area contributed by atoms with Gasteiger partial charge in [0.05, 0.1) is 24.8 Å². The molecule has 0 heterocycles. The maximum Gasteiger partial charge on any atom is 0.264 e. The van der Waals surface area contributed by atoms with Gasteiger partial charge in [-0.25, -0.2) is 12.8 Å². The first-order chi connectivity index (χ1) is 21.2. The summed E-state index contributed by atoms with van der Waals surface area (Å²) < 4.78 is 53.6. The summed E-state index contributed by atoms with van der Waals surface area (Å²) in [5.41, 5.74) is 1.63. The number of ether oxygens (including phenoxy) is 2. The predicted octanol–water partition coefficient (Wildman–Crippen LogP) is 4.42. The fourth-order valence-electron chi connectivity index (χ4n) is 4.74. The number of rotatable bonds is 13. The summed E-state index contributed by atoms with van der Waals surface area (Å²) in [5, 5.41) is 2.65. The number of sulfonamides is 1. The molecule has 1 N–H and O–H groups in total. The van der Waals surface area contributed by atoms with Gasteiger partial charge in [0.1, 0.15) is 18.4 Å². The van der Waals surface area contributed by atoms with E-state index in [2.05, 4.69) is 5.32 Å². The van der Waals surface area contributed by atoms with E-state index in [-0.39, 0.29) is 29.3 Å². The summed E-state index contributed by atoms with van der Waals surface area (Å²) in [6.45, 7) is -0.629. The quantitative estimate of drug-likeness (QED) is 0.238. The van der Waals surface area contributed by atoms with Crippen molar-refractivity contribution in [3.05, 3.63) is 120 Å². The topological polar surface area (TPSA) is 105 Å². The average Bonchev–Trinajstić information content (AvgIpc) is 3.05. The van der Waals surface area contributed by atoms with Crippen molar-refractivity contribution in [2.75, 3.05) is 32.1 Å². The minimum Gasteiger partial charge on any atom is -0.493 e. The van der Waals surface area contributed by atoms with E-state index in [1.807, 2.05) is 60.7 Å². The first kappa shape index (κ1) is 32.0. The second-order valence-corrected chi connectivity index (χ2v) is 11.7. The Labute approximate surface area is 256 Å². The number of hydrogen-bond acceptors (Lipinski definition) is 6. The predicted molar refractivity (Wildman–Crippen MR) is 165 cm³/mol. The van der Waals surface area contributed by atoms with Crippen LogP contribution in [0.1, 0.15) is 11.1 Å². The third kappa shape index (κ3) is 7.54. The zero-order valence-corrected chi connectivity index (χ0v) is 25.5. The summed E-state index contributed by atoms with van der Waals surface area (Å²) in [6.07, 6.45) is 0.193. The standard InChI is InChI=1S/C33H34FN3O6S/c1-35-33(39)29(20-24-10-6-4-7-11-24)36(22-25-12-8-5-9-13-25)32(38)23-37(27-16-14-26(34)15-17-27)44(40,41)28-18-19-30(42-2)31(21-28)43-3/h4-19,21,29H,20,22-23H2,1-3H3,(H,35,39). The van der Waals surface area contributed by atoms with Crippen LogP contribution < -0.4 is 19.1 Å². The third-order valence-electron chi connectivity index (χ3n) is 7.05. The first-order valence-electron chi connectivity index (χ1n) is 13.8. The molecule has 1 atom stereocenters. The normalized spacial score (nSPS) is 11.7. The van der Waals surface area contributed by atoms with Crippen molar-refractivity contribution in [1.29, 1.82) is 0 Å². The van der Waals surface area contributed by atoms with Crippen molar-refractivity contribution in [1.82, 2.24) is 10.2 Å². The van der Waals surface area contributed by atoms with Crippen LogP contribution in [0.25, 0.3) is 0 Å². The van der Waals surface area contributed by atoms with Crippen molar-refractivity contribution in [2.45, 2.75) is 23.9 Å². The molecule has 0 saturated carbocycles. The highest BCUT2D eigenvalue weighted by Gasteiger charge is 2.34. The lowest BCUT2D eigenvalue weighted by molar-refractivity contribution is -0.139. The van der Waals surface area contributed by atoms with Crippen molar-refractivity contribution in [3.63, 3.8) is 0 Å². The minimum absolute atomic E-state index is 0.0399. The molecule has 0 spiro atoms. The number of benzene rings is 4. The Balaban J connectivity index is 1.79. The Morgan fingerprint density at radius 3 is 1.98 bits per heavy atom. The van der Waals surface area contributed by atoms with Crippen molar-refractivity contribution in [3.8, 4) is 11.5 Å². The first-order valence-corrected chi connectivity index (χ1v) is 15.2. The van der Waals surface area contributed by atoms with Gasteiger partial charge in [-0.05, 0) is 47.5 Å². The smallest absolute Gasteiger partial charge is 0.264 e. The number of halogens is 1. The van der Waals surface area contributed by atoms with Gasteiger partial charge in [0.15, 0.2) is 11.5 Å². The molecule has 11 heteroatoms. The second-order valence-electron chi connectivity index (χ2n) is 9.83. The Kier molecular flexibility index (Phi) is 10.6. The van der Waals surface area contributed by atoms with E-state index in [9.17, 15) is 22.4 Å². The summed E-state index contributed by atoms with van der Waals surface area (Å²) in [4.78, 5) is 28.8. The molecule has 0 radical (unpaired) electrons. The summed E-state index contributed by atoms with van der Waals surface area (Å²) in [5.74, 6) is -1.12. The number of carbonyl (C=O) groups is 2. The molecule has 0 aliphatic heterocycles. The maximum atomic E-state index is 14.3. The van der Waals surface area contributed by atoms with Crippen LogP contribution >= 0.6 is 0 Å². The van der Waals surface area contributed by atoms with Gasteiger partial charge in [0.2, 0.25) is 11.8 Å². The van der Waals surface area contributed by atoms with Gasteiger partial charge in [-0.1, -0.05) is 60.7 Å². The van der Waals surface area contributed by atoms with Gasteiger partial charge in [-0.15, -0.1) is 0 Å². The largest absolute Gasteiger partial charge is 0.493 e. The van der Waals surface area contributed by atoms with Crippen LogP contribution in [0.3, 0.4) is 0 Å². The summed E-state index contributed by atoms with van der Waals surface area (Å²) in [7, 11) is -0.122. The molecule has 4 rings (SSSR count). The molecular weight excluding hydrogens is 585 g/mol. The van der Waals surface area contributed by atoms with Crippen molar-refractivity contribution >= 4 is 27.5 Å². The van der Waals surface area contributed by atoms with E-state index in [0.717, 1.165) is 27.6 Å². The Hall–Kier alpha value is -4.90. The van der Waals surface area contributed by atoms with Crippen LogP contribution in [0, 0.1) is 5.82 Å². The molecule has 230 valence electrons. The number of methoxy groups -OCH3 is 2. The van der Waals surface area contributed by atoms with Crippen molar-refractivity contribution in [2.24, 2.45) is 0 Å². The Bertz CT molecular complexity index is 1670. The zero-order chi connectivity index (χ0) is 31.7. The lowest BCUT2D eigenvalue weighted by Crippen LogP contribution is -2.53. The van der Waals surface area contributed by atoms with Gasteiger partial charge in [0, 0.05) is 26.1 Å². The zero-order valence-electron chi connectivity index (χ0n) is 24.6. The molecular formula is C33H34FN3O6S. The number of hydrogen-bond donors (Lipinski definition) is 1. The molecule has 9 nitrogen and oxygen atoms in total. The molecule has 1 unspecified atom stereocenters. The second kappa shape index (κ2) is 14.5. The lowest BCUT2D eigenvalue weighted by Gasteiger charge is -2.33. The number of likely N-dealkylation sites (N-methyl/N-ethyl adjacent to an activating group) is 1. The number of nitrogens with zero attached hydrogens (tertiary/aromatic N) is 2. The van der Waals surface area contributed by atoms with E-state index in [1.54, 1.807) is 0 Å². The highest BCUT2D eigenvalue weighted by molar-refractivity contribution is 7.92. The number of anilines is 1. The van der Waals surface area contributed by atoms with E-state index >= 15 is 0 Å². The fraction of sp³-hybridized carbons (Fsp3) is 0.212. The maximum absolute atomic E-state index is 14.3. The van der Waals surface area contributed by atoms with Crippen LogP contribution in [0.4, 0.5) is 10.1 Å². The average molecular weight is 620 g/mol. The van der Waals surface area contributed by atoms with Gasteiger partial charge < -0.3 is 19.7 Å². The molecule has 0 aliphatic carbocycles. The van der Waals surface area contributed by atoms with Gasteiger partial charge in [0.25, 0.3) is 10.0 Å². The molecule has 0 aliphatic rings. The van der Waals surface area contributed by atoms with Gasteiger partial charge in [-0.2, -0.15) is 0 Å². The molecule has 4 aromatic rings. The Morgan fingerprint density at radius 2 is 1.41 bits per heavy atom. The highest BCUT2D eigenvalue weighted by Crippen LogP contribution is 2.32. The van der Waals surface area contributed by atoms with Crippen LogP contribution in [0.2, 0.25) is 0 Å². The molecule has 2 amide bonds. The van der Waals surface area contributed by atoms with E-state index < -0.39 is 40.2 Å². The number of nitrogens with one attached hydrogen (secondary N) is 1. The summed E-state index contributed by atoms with van der Waals surface area (Å²) in [6, 6.07) is 26.2. The molecule has 44 heavy (non-hydrogen) atoms. The number of amides is 2. The lowest BCUT2D eigenvalue weighted by atomic mass is 10.0. The molecule has 0 fully saturated rings. The van der Waals surface area contributed by atoms with Crippen LogP contribution in [0.15, 0.2) is 108 Å². The third-order valence-corrected chi connectivity index (χ3v) is 8.82. The van der Waals surface area contributed by atoms with Crippen molar-refractivity contribution < 1.29 is 31.9 Å². The summed E-state index contributed by atoms with van der Waals surface area (Å²) >= 11 is 0. The molecule has 4 aromatic carbocycles.